The van der Waals surface area contributed by atoms with Crippen molar-refractivity contribution < 1.29 is 8.83 Å². The number of benzene rings is 17. The Hall–Kier alpha value is -14.1. The second kappa shape index (κ2) is 27.6. The highest BCUT2D eigenvalue weighted by Crippen LogP contribution is 2.54. The lowest BCUT2D eigenvalue weighted by atomic mass is 9.81. The maximum atomic E-state index is 6.69. The largest absolute Gasteiger partial charge is 0.455 e. The fraction of sp³-hybridized carbons (Fsp3) is 0.0556. The number of nitrogens with zero attached hydrogens (tertiary/aromatic N) is 2. The highest BCUT2D eigenvalue weighted by atomic mass is 16.3. The Morgan fingerprint density at radius 3 is 0.920 bits per heavy atom. The third kappa shape index (κ3) is 11.8. The Bertz CT molecular complexity index is 6750. The first-order chi connectivity index (χ1) is 55.0. The monoisotopic (exact) mass is 1430 g/mol. The van der Waals surface area contributed by atoms with Crippen molar-refractivity contribution in [3.8, 4) is 100 Å². The van der Waals surface area contributed by atoms with Crippen LogP contribution in [0, 0.1) is 0 Å². The molecule has 0 radical (unpaired) electrons. The van der Waals surface area contributed by atoms with Gasteiger partial charge in [-0.25, -0.2) is 0 Å². The summed E-state index contributed by atoms with van der Waals surface area (Å²) in [5, 5.41) is 4.51. The first-order valence-electron chi connectivity index (χ1n) is 38.8. The average molecular weight is 1440 g/mol. The van der Waals surface area contributed by atoms with Crippen LogP contribution in [0.5, 0.6) is 0 Å². The van der Waals surface area contributed by atoms with Crippen molar-refractivity contribution in [2.45, 2.75) is 38.5 Å². The van der Waals surface area contributed by atoms with Gasteiger partial charge < -0.3 is 18.6 Å². The maximum absolute atomic E-state index is 6.69. The fourth-order valence-electron chi connectivity index (χ4n) is 17.6. The van der Waals surface area contributed by atoms with Crippen LogP contribution in [0.3, 0.4) is 0 Å². The van der Waals surface area contributed by atoms with Gasteiger partial charge in [-0.05, 0) is 221 Å². The average Bonchev–Trinajstić information content (AvgIpc) is 1.58. The van der Waals surface area contributed by atoms with Crippen LogP contribution in [0.1, 0.15) is 49.9 Å². The van der Waals surface area contributed by atoms with Crippen LogP contribution < -0.4 is 9.80 Å². The summed E-state index contributed by atoms with van der Waals surface area (Å²) in [5.74, 6) is 0. The summed E-state index contributed by atoms with van der Waals surface area (Å²) in [6.07, 6.45) is 0. The van der Waals surface area contributed by atoms with E-state index in [0.29, 0.717) is 0 Å². The van der Waals surface area contributed by atoms with Crippen molar-refractivity contribution in [1.29, 1.82) is 0 Å². The molecular formula is C108H78N2O2. The molecule has 19 aromatic rings. The van der Waals surface area contributed by atoms with Gasteiger partial charge in [0.2, 0.25) is 0 Å². The minimum Gasteiger partial charge on any atom is -0.455 e. The van der Waals surface area contributed by atoms with E-state index in [-0.39, 0.29) is 10.8 Å². The van der Waals surface area contributed by atoms with E-state index < -0.39 is 0 Å². The van der Waals surface area contributed by atoms with Crippen molar-refractivity contribution in [2.75, 3.05) is 9.80 Å². The normalized spacial score (nSPS) is 12.8. The van der Waals surface area contributed by atoms with Crippen LogP contribution in [0.2, 0.25) is 0 Å². The second-order valence-corrected chi connectivity index (χ2v) is 30.7. The van der Waals surface area contributed by atoms with Crippen molar-refractivity contribution in [3.05, 3.63) is 423 Å². The molecule has 0 atom stereocenters. The van der Waals surface area contributed by atoms with Crippen LogP contribution in [-0.4, -0.2) is 0 Å². The van der Waals surface area contributed by atoms with Gasteiger partial charge >= 0.3 is 0 Å². The molecule has 0 amide bonds. The Labute approximate surface area is 653 Å². The molecule has 0 unspecified atom stereocenters. The molecule has 112 heavy (non-hydrogen) atoms. The highest BCUT2D eigenvalue weighted by molar-refractivity contribution is 6.13. The molecule has 2 aromatic heterocycles. The molecule has 4 heteroatoms. The zero-order chi connectivity index (χ0) is 75.0. The maximum Gasteiger partial charge on any atom is 0.143 e. The number of furan rings is 2. The summed E-state index contributed by atoms with van der Waals surface area (Å²) in [6, 6.07) is 144. The van der Waals surface area contributed by atoms with E-state index in [0.717, 1.165) is 117 Å². The minimum absolute atomic E-state index is 0.0884. The van der Waals surface area contributed by atoms with Gasteiger partial charge in [0.25, 0.3) is 0 Å². The Morgan fingerprint density at radius 1 is 0.188 bits per heavy atom. The molecule has 0 saturated carbocycles. The van der Waals surface area contributed by atoms with Crippen molar-refractivity contribution in [2.24, 2.45) is 0 Å². The molecule has 0 spiro atoms. The number of anilines is 6. The molecule has 0 N–H and O–H groups in total. The van der Waals surface area contributed by atoms with Gasteiger partial charge in [0.1, 0.15) is 22.3 Å². The number of fused-ring (bicyclic) bond motifs is 12. The first kappa shape index (κ1) is 67.3. The predicted octanol–water partition coefficient (Wildman–Crippen LogP) is 30.4. The van der Waals surface area contributed by atoms with E-state index in [1.54, 1.807) is 0 Å². The summed E-state index contributed by atoms with van der Waals surface area (Å²) in [6.45, 7) is 9.37. The quantitative estimate of drug-likeness (QED) is 0.115. The van der Waals surface area contributed by atoms with Crippen LogP contribution in [0.4, 0.5) is 34.1 Å². The molecule has 2 heterocycles. The summed E-state index contributed by atoms with van der Waals surface area (Å²) < 4.78 is 13.3. The standard InChI is InChI=1S/C57H41NO.C51H37NO/c1-57(2)52-22-12-9-20-47(52)48-34-29-42(37-53(48)57)50-35-43(36-51-49-21-11-14-24-55(49)59-56(50)51)40-27-32-45(33-28-40)58(44-30-25-39(26-31-44)38-15-5-3-6-16-38)54-23-13-10-19-46(54)41-17-7-4-8-18-41;1-51(2)47-19-11-9-17-42(47)43-30-25-37(33-48(43)51)45-31-38(32-46-44-18-10-12-20-49(44)53-50(45)46)36-23-28-41(29-24-36)52(39-15-7-4-8-16-39)40-26-21-35(22-27-40)34-13-5-3-6-14-34/h3-37H,1-2H3;3-33H,1-2H3. The Balaban J connectivity index is 0.000000147. The molecule has 0 saturated heterocycles. The fourth-order valence-corrected chi connectivity index (χ4v) is 17.6. The highest BCUT2D eigenvalue weighted by Gasteiger charge is 2.37. The van der Waals surface area contributed by atoms with Gasteiger partial charge in [-0.1, -0.05) is 313 Å². The summed E-state index contributed by atoms with van der Waals surface area (Å²) in [4.78, 5) is 4.70. The Morgan fingerprint density at radius 2 is 0.491 bits per heavy atom. The van der Waals surface area contributed by atoms with Crippen molar-refractivity contribution >= 4 is 78.0 Å². The summed E-state index contributed by atoms with van der Waals surface area (Å²) >= 11 is 0. The SMILES string of the molecule is CC1(C)c2ccccc2-c2ccc(-c3cc(-c4ccc(N(c5ccc(-c6ccccc6)cc5)c5ccccc5-c5ccccc5)cc4)cc4c3oc3ccccc34)cc21.CC1(C)c2ccccc2-c2ccc(-c3cc(-c4ccc(N(c5ccccc5)c5ccc(-c6ccccc6)cc5)cc4)cc4c3oc3ccccc34)cc21. The van der Waals surface area contributed by atoms with Gasteiger partial charge in [-0.3, -0.25) is 0 Å². The number of hydrogen-bond acceptors (Lipinski definition) is 4. The zero-order valence-corrected chi connectivity index (χ0v) is 62.8. The molecule has 2 aliphatic carbocycles. The van der Waals surface area contributed by atoms with Gasteiger partial charge in [-0.2, -0.15) is 0 Å². The van der Waals surface area contributed by atoms with E-state index in [9.17, 15) is 0 Å². The molecule has 0 bridgehead atoms. The number of rotatable bonds is 13. The third-order valence-electron chi connectivity index (χ3n) is 23.4. The lowest BCUT2D eigenvalue weighted by Gasteiger charge is -2.28. The lowest BCUT2D eigenvalue weighted by molar-refractivity contribution is 0.660. The topological polar surface area (TPSA) is 32.8 Å². The predicted molar refractivity (Wildman–Crippen MR) is 470 cm³/mol. The molecule has 4 nitrogen and oxygen atoms in total. The van der Waals surface area contributed by atoms with Crippen molar-refractivity contribution in [3.63, 3.8) is 0 Å². The molecular weight excluding hydrogens is 1360 g/mol. The van der Waals surface area contributed by atoms with Gasteiger partial charge in [0, 0.05) is 77.5 Å². The van der Waals surface area contributed by atoms with E-state index in [2.05, 4.69) is 432 Å². The molecule has 0 aliphatic heterocycles. The van der Waals surface area contributed by atoms with Crippen molar-refractivity contribution in [1.82, 2.24) is 0 Å². The van der Waals surface area contributed by atoms with Gasteiger partial charge in [-0.15, -0.1) is 0 Å². The first-order valence-corrected chi connectivity index (χ1v) is 38.8. The molecule has 17 aromatic carbocycles. The zero-order valence-electron chi connectivity index (χ0n) is 62.8. The molecule has 2 aliphatic rings. The van der Waals surface area contributed by atoms with E-state index in [1.807, 2.05) is 6.07 Å². The van der Waals surface area contributed by atoms with Crippen LogP contribution in [0.15, 0.2) is 409 Å². The smallest absolute Gasteiger partial charge is 0.143 e. The van der Waals surface area contributed by atoms with Crippen LogP contribution in [0.25, 0.3) is 144 Å². The van der Waals surface area contributed by atoms with Crippen LogP contribution in [-0.2, 0) is 10.8 Å². The Kier molecular flexibility index (Phi) is 16.6. The lowest BCUT2D eigenvalue weighted by Crippen LogP contribution is -2.14. The van der Waals surface area contributed by atoms with Crippen LogP contribution >= 0.6 is 0 Å². The third-order valence-corrected chi connectivity index (χ3v) is 23.4. The minimum atomic E-state index is -0.102. The summed E-state index contributed by atoms with van der Waals surface area (Å²) in [7, 11) is 0. The van der Waals surface area contributed by atoms with E-state index in [1.165, 1.54) is 83.5 Å². The second-order valence-electron chi connectivity index (χ2n) is 30.7. The number of hydrogen-bond donors (Lipinski definition) is 0. The molecule has 0 fully saturated rings. The van der Waals surface area contributed by atoms with E-state index in [4.69, 9.17) is 8.83 Å². The van der Waals surface area contributed by atoms with Gasteiger partial charge in [0.15, 0.2) is 0 Å². The summed E-state index contributed by atoms with van der Waals surface area (Å²) in [5.41, 5.74) is 37.1. The number of para-hydroxylation sites is 4. The van der Waals surface area contributed by atoms with Gasteiger partial charge in [0.05, 0.1) is 5.69 Å². The molecule has 532 valence electrons. The van der Waals surface area contributed by atoms with E-state index >= 15 is 0 Å². The molecule has 21 rings (SSSR count).